The first kappa shape index (κ1) is 19.2. The van der Waals surface area contributed by atoms with E-state index >= 15 is 0 Å². The predicted octanol–water partition coefficient (Wildman–Crippen LogP) is 4.82. The molecule has 0 radical (unpaired) electrons. The van der Waals surface area contributed by atoms with E-state index in [9.17, 15) is 0 Å². The molecule has 1 saturated heterocycles. The van der Waals surface area contributed by atoms with Gasteiger partial charge in [-0.15, -0.1) is 0 Å². The topological polar surface area (TPSA) is 27.7 Å². The second-order valence-corrected chi connectivity index (χ2v) is 7.84. The number of hydrogen-bond donors (Lipinski definition) is 0. The zero-order valence-electron chi connectivity index (χ0n) is 14.6. The Labute approximate surface area is 154 Å². The monoisotopic (exact) mass is 432 g/mol. The summed E-state index contributed by atoms with van der Waals surface area (Å²) in [5.41, 5.74) is 1.21. The zero-order chi connectivity index (χ0) is 16.9. The maximum absolute atomic E-state index is 6.18. The van der Waals surface area contributed by atoms with E-state index in [0.717, 1.165) is 10.8 Å². The van der Waals surface area contributed by atoms with Crippen molar-refractivity contribution >= 4 is 22.6 Å². The molecule has 0 N–H and O–H groups in total. The minimum atomic E-state index is -0.513. The summed E-state index contributed by atoms with van der Waals surface area (Å²) in [6.45, 7) is 9.91. The summed E-state index contributed by atoms with van der Waals surface area (Å²) in [6.07, 6.45) is 1.34. The van der Waals surface area contributed by atoms with Crippen LogP contribution in [0.5, 0.6) is 0 Å². The summed E-state index contributed by atoms with van der Waals surface area (Å²) in [4.78, 5) is 0. The minimum Gasteiger partial charge on any atom is -0.377 e. The van der Waals surface area contributed by atoms with Gasteiger partial charge in [0.05, 0.1) is 18.8 Å². The van der Waals surface area contributed by atoms with E-state index < -0.39 is 5.79 Å². The lowest BCUT2D eigenvalue weighted by Crippen LogP contribution is -2.52. The lowest BCUT2D eigenvalue weighted by Gasteiger charge is -2.47. The van der Waals surface area contributed by atoms with Gasteiger partial charge < -0.3 is 14.2 Å². The minimum absolute atomic E-state index is 0.185. The van der Waals surface area contributed by atoms with Crippen LogP contribution in [0.25, 0.3) is 0 Å². The Morgan fingerprint density at radius 3 is 2.57 bits per heavy atom. The lowest BCUT2D eigenvalue weighted by molar-refractivity contribution is -0.327. The fourth-order valence-corrected chi connectivity index (χ4v) is 3.66. The van der Waals surface area contributed by atoms with Crippen LogP contribution in [-0.4, -0.2) is 29.0 Å². The van der Waals surface area contributed by atoms with Crippen molar-refractivity contribution in [1.29, 1.82) is 0 Å². The van der Waals surface area contributed by atoms with Gasteiger partial charge in [-0.3, -0.25) is 0 Å². The van der Waals surface area contributed by atoms with E-state index in [1.54, 1.807) is 0 Å². The molecule has 0 aliphatic carbocycles. The lowest BCUT2D eigenvalue weighted by atomic mass is 9.87. The van der Waals surface area contributed by atoms with Crippen molar-refractivity contribution in [3.8, 4) is 0 Å². The van der Waals surface area contributed by atoms with E-state index in [2.05, 4.69) is 48.6 Å². The molecule has 23 heavy (non-hydrogen) atoms. The molecular formula is C19H29IO3. The first-order valence-electron chi connectivity index (χ1n) is 8.46. The van der Waals surface area contributed by atoms with Crippen LogP contribution in [0.15, 0.2) is 30.3 Å². The summed E-state index contributed by atoms with van der Waals surface area (Å²) in [7, 11) is 0. The first-order chi connectivity index (χ1) is 10.9. The number of alkyl halides is 1. The fourth-order valence-electron chi connectivity index (χ4n) is 3.15. The Bertz CT molecular complexity index is 463. The Hall–Kier alpha value is -0.170. The maximum Gasteiger partial charge on any atom is 0.163 e. The molecule has 2 rings (SSSR count). The normalized spacial score (nSPS) is 28.5. The van der Waals surface area contributed by atoms with Gasteiger partial charge in [-0.05, 0) is 31.7 Å². The molecule has 0 amide bonds. The van der Waals surface area contributed by atoms with E-state index in [1.807, 2.05) is 32.0 Å². The average Bonchev–Trinajstić information content (AvgIpc) is 2.54. The van der Waals surface area contributed by atoms with Crippen LogP contribution in [0.3, 0.4) is 0 Å². The molecule has 0 unspecified atom stereocenters. The van der Waals surface area contributed by atoms with Gasteiger partial charge in [0.25, 0.3) is 0 Å². The van der Waals surface area contributed by atoms with E-state index in [1.165, 1.54) is 5.56 Å². The van der Waals surface area contributed by atoms with Gasteiger partial charge in [0.15, 0.2) is 5.79 Å². The third kappa shape index (κ3) is 5.69. The molecule has 130 valence electrons. The number of rotatable bonds is 7. The van der Waals surface area contributed by atoms with Gasteiger partial charge in [-0.1, -0.05) is 66.8 Å². The molecule has 1 aliphatic rings. The number of hydrogen-bond acceptors (Lipinski definition) is 3. The SMILES string of the molecule is C[C@H]1[C@@H]([C@H](C)CI)OC(C)(C)O[C@@H]1CCOCc1ccccc1. The summed E-state index contributed by atoms with van der Waals surface area (Å²) in [5, 5.41) is 0. The molecule has 1 aromatic carbocycles. The van der Waals surface area contributed by atoms with Crippen LogP contribution in [0, 0.1) is 11.8 Å². The van der Waals surface area contributed by atoms with Gasteiger partial charge in [-0.25, -0.2) is 0 Å². The van der Waals surface area contributed by atoms with Gasteiger partial charge in [-0.2, -0.15) is 0 Å². The van der Waals surface area contributed by atoms with Crippen LogP contribution in [0.1, 0.15) is 39.7 Å². The van der Waals surface area contributed by atoms with Crippen LogP contribution in [-0.2, 0) is 20.8 Å². The highest BCUT2D eigenvalue weighted by molar-refractivity contribution is 14.1. The molecule has 3 nitrogen and oxygen atoms in total. The van der Waals surface area contributed by atoms with Crippen LogP contribution >= 0.6 is 22.6 Å². The third-order valence-corrected chi connectivity index (χ3v) is 5.81. The zero-order valence-corrected chi connectivity index (χ0v) is 16.8. The molecule has 0 aromatic heterocycles. The van der Waals surface area contributed by atoms with Gasteiger partial charge in [0.1, 0.15) is 0 Å². The Balaban J connectivity index is 1.85. The molecule has 1 aliphatic heterocycles. The molecule has 4 heteroatoms. The maximum atomic E-state index is 6.18. The van der Waals surface area contributed by atoms with Crippen LogP contribution in [0.2, 0.25) is 0 Å². The highest BCUT2D eigenvalue weighted by Crippen LogP contribution is 2.36. The highest BCUT2D eigenvalue weighted by Gasteiger charge is 2.42. The van der Waals surface area contributed by atoms with Crippen molar-refractivity contribution in [2.24, 2.45) is 11.8 Å². The summed E-state index contributed by atoms with van der Waals surface area (Å²) < 4.78 is 19.3. The second-order valence-electron chi connectivity index (χ2n) is 6.96. The van der Waals surface area contributed by atoms with Crippen molar-refractivity contribution < 1.29 is 14.2 Å². The van der Waals surface area contributed by atoms with Crippen molar-refractivity contribution in [1.82, 2.24) is 0 Å². The fraction of sp³-hybridized carbons (Fsp3) is 0.684. The van der Waals surface area contributed by atoms with Gasteiger partial charge in [0.2, 0.25) is 0 Å². The van der Waals surface area contributed by atoms with E-state index in [4.69, 9.17) is 14.2 Å². The van der Waals surface area contributed by atoms with Crippen LogP contribution in [0.4, 0.5) is 0 Å². The Morgan fingerprint density at radius 1 is 1.22 bits per heavy atom. The molecule has 1 fully saturated rings. The first-order valence-corrected chi connectivity index (χ1v) is 9.99. The highest BCUT2D eigenvalue weighted by atomic mass is 127. The van der Waals surface area contributed by atoms with Crippen molar-refractivity contribution in [3.63, 3.8) is 0 Å². The van der Waals surface area contributed by atoms with Crippen molar-refractivity contribution in [2.45, 2.75) is 58.7 Å². The number of halogens is 1. The van der Waals surface area contributed by atoms with E-state index in [-0.39, 0.29) is 12.2 Å². The molecule has 1 aromatic rings. The molecule has 1 heterocycles. The largest absolute Gasteiger partial charge is 0.377 e. The summed E-state index contributed by atoms with van der Waals surface area (Å²) >= 11 is 2.44. The average molecular weight is 432 g/mol. The van der Waals surface area contributed by atoms with Gasteiger partial charge >= 0.3 is 0 Å². The standard InChI is InChI=1S/C19H29IO3/c1-14(12-20)18-15(2)17(22-19(3,4)23-18)10-11-21-13-16-8-6-5-7-9-16/h5-9,14-15,17-18H,10-13H2,1-4H3/t14-,15-,17-,18-/m1/s1. The number of ether oxygens (including phenoxy) is 3. The van der Waals surface area contributed by atoms with Gasteiger partial charge in [0, 0.05) is 17.0 Å². The summed E-state index contributed by atoms with van der Waals surface area (Å²) in [6, 6.07) is 10.3. The number of benzene rings is 1. The third-order valence-electron chi connectivity index (χ3n) is 4.42. The molecule has 4 atom stereocenters. The second kappa shape index (κ2) is 8.79. The smallest absolute Gasteiger partial charge is 0.163 e. The Kier molecular flexibility index (Phi) is 7.32. The molecule has 0 saturated carbocycles. The van der Waals surface area contributed by atoms with Crippen molar-refractivity contribution in [2.75, 3.05) is 11.0 Å². The van der Waals surface area contributed by atoms with Crippen LogP contribution < -0.4 is 0 Å². The molecule has 0 bridgehead atoms. The quantitative estimate of drug-likeness (QED) is 0.351. The van der Waals surface area contributed by atoms with E-state index in [0.29, 0.717) is 25.0 Å². The predicted molar refractivity (Wildman–Crippen MR) is 102 cm³/mol. The summed E-state index contributed by atoms with van der Waals surface area (Å²) in [5.74, 6) is 0.399. The van der Waals surface area contributed by atoms with Crippen molar-refractivity contribution in [3.05, 3.63) is 35.9 Å². The Morgan fingerprint density at radius 2 is 1.91 bits per heavy atom. The molecular weight excluding hydrogens is 403 g/mol. The molecule has 0 spiro atoms.